The summed E-state index contributed by atoms with van der Waals surface area (Å²) in [6.07, 6.45) is 0. The fourth-order valence-corrected chi connectivity index (χ4v) is 3.13. The molecule has 29 heavy (non-hydrogen) atoms. The maximum absolute atomic E-state index is 11.9. The summed E-state index contributed by atoms with van der Waals surface area (Å²) in [4.78, 5) is 16.5. The van der Waals surface area contributed by atoms with Crippen LogP contribution in [0.2, 0.25) is 0 Å². The third-order valence-electron chi connectivity index (χ3n) is 4.83. The Kier molecular flexibility index (Phi) is 6.06. The van der Waals surface area contributed by atoms with E-state index in [1.807, 2.05) is 36.4 Å². The minimum Gasteiger partial charge on any atom is -0.492 e. The number of aromatic nitrogens is 2. The van der Waals surface area contributed by atoms with Crippen LogP contribution in [0, 0.1) is 0 Å². The molecule has 0 aliphatic heterocycles. The molecule has 1 aromatic heterocycles. The van der Waals surface area contributed by atoms with Crippen LogP contribution in [0.5, 0.6) is 5.75 Å². The number of ether oxygens (including phenoxy) is 1. The molecule has 0 bridgehead atoms. The van der Waals surface area contributed by atoms with Gasteiger partial charge in [-0.1, -0.05) is 51.6 Å². The van der Waals surface area contributed by atoms with Gasteiger partial charge in [0.25, 0.3) is 0 Å². The number of nitrogens with zero attached hydrogens (tertiary/aromatic N) is 2. The number of carbonyl (C=O) groups is 1. The minimum absolute atomic E-state index is 0.122. The molecule has 0 spiro atoms. The molecule has 0 fully saturated rings. The second-order valence-corrected chi connectivity index (χ2v) is 8.25. The predicted molar refractivity (Wildman–Crippen MR) is 117 cm³/mol. The number of benzene rings is 2. The summed E-state index contributed by atoms with van der Waals surface area (Å²) in [5, 5.41) is 2.87. The molecular weight excluding hydrogens is 362 g/mol. The van der Waals surface area contributed by atoms with Gasteiger partial charge in [-0.15, -0.1) is 0 Å². The molecule has 2 aromatic carbocycles. The Labute approximate surface area is 172 Å². The number of nitrogens with one attached hydrogen (secondary N) is 1. The summed E-state index contributed by atoms with van der Waals surface area (Å²) in [6.45, 7) is 13.5. The second-order valence-electron chi connectivity index (χ2n) is 8.25. The zero-order valence-electron chi connectivity index (χ0n) is 17.7. The molecule has 0 aliphatic carbocycles. The van der Waals surface area contributed by atoms with Crippen molar-refractivity contribution >= 4 is 16.9 Å². The Morgan fingerprint density at radius 2 is 1.83 bits per heavy atom. The van der Waals surface area contributed by atoms with Crippen molar-refractivity contribution in [2.24, 2.45) is 0 Å². The zero-order chi connectivity index (χ0) is 21.0. The van der Waals surface area contributed by atoms with E-state index in [9.17, 15) is 4.79 Å². The van der Waals surface area contributed by atoms with Crippen molar-refractivity contribution in [1.82, 2.24) is 14.9 Å². The van der Waals surface area contributed by atoms with Crippen molar-refractivity contribution in [3.63, 3.8) is 0 Å². The maximum Gasteiger partial charge on any atom is 0.246 e. The Balaban J connectivity index is 1.71. The van der Waals surface area contributed by atoms with E-state index in [1.54, 1.807) is 6.92 Å². The number of carbonyl (C=O) groups excluding carboxylic acids is 1. The summed E-state index contributed by atoms with van der Waals surface area (Å²) in [7, 11) is 0. The van der Waals surface area contributed by atoms with Crippen LogP contribution < -0.4 is 10.1 Å². The maximum atomic E-state index is 11.9. The number of fused-ring (bicyclic) bond motifs is 1. The van der Waals surface area contributed by atoms with Gasteiger partial charge in [0.15, 0.2) is 0 Å². The predicted octanol–water partition coefficient (Wildman–Crippen LogP) is 4.61. The van der Waals surface area contributed by atoms with Crippen LogP contribution >= 0.6 is 0 Å². The first-order chi connectivity index (χ1) is 13.8. The van der Waals surface area contributed by atoms with Crippen LogP contribution in [-0.2, 0) is 23.3 Å². The summed E-state index contributed by atoms with van der Waals surface area (Å²) >= 11 is 0. The number of amides is 1. The van der Waals surface area contributed by atoms with E-state index in [0.717, 1.165) is 22.6 Å². The lowest BCUT2D eigenvalue weighted by Gasteiger charge is -2.19. The van der Waals surface area contributed by atoms with Crippen molar-refractivity contribution in [2.45, 2.75) is 46.2 Å². The molecule has 0 unspecified atom stereocenters. The van der Waals surface area contributed by atoms with Gasteiger partial charge in [-0.25, -0.2) is 4.98 Å². The lowest BCUT2D eigenvalue weighted by Crippen LogP contribution is -2.25. The molecule has 5 nitrogen and oxygen atoms in total. The van der Waals surface area contributed by atoms with E-state index in [-0.39, 0.29) is 11.3 Å². The smallest absolute Gasteiger partial charge is 0.246 e. The highest BCUT2D eigenvalue weighted by Gasteiger charge is 2.14. The number of hydrogen-bond acceptors (Lipinski definition) is 3. The molecule has 0 atom stereocenters. The van der Waals surface area contributed by atoms with E-state index in [2.05, 4.69) is 54.4 Å². The van der Waals surface area contributed by atoms with Crippen LogP contribution in [0.25, 0.3) is 11.0 Å². The molecule has 152 valence electrons. The monoisotopic (exact) mass is 391 g/mol. The summed E-state index contributed by atoms with van der Waals surface area (Å²) in [5.41, 5.74) is 3.81. The molecule has 1 heterocycles. The molecule has 0 aliphatic rings. The van der Waals surface area contributed by atoms with Gasteiger partial charge >= 0.3 is 0 Å². The lowest BCUT2D eigenvalue weighted by molar-refractivity contribution is -0.117. The molecular formula is C24H29N3O2. The van der Waals surface area contributed by atoms with Crippen molar-refractivity contribution in [2.75, 3.05) is 6.61 Å². The average Bonchev–Trinajstić information content (AvgIpc) is 3.03. The third-order valence-corrected chi connectivity index (χ3v) is 4.83. The van der Waals surface area contributed by atoms with Crippen molar-refractivity contribution in [3.8, 4) is 5.75 Å². The molecule has 1 N–H and O–H groups in total. The third kappa shape index (κ3) is 5.05. The van der Waals surface area contributed by atoms with Crippen LogP contribution in [-0.4, -0.2) is 22.1 Å². The van der Waals surface area contributed by atoms with Gasteiger partial charge in [0.2, 0.25) is 5.91 Å². The van der Waals surface area contributed by atoms with Gasteiger partial charge in [0.05, 0.1) is 24.1 Å². The van der Waals surface area contributed by atoms with Crippen molar-refractivity contribution in [1.29, 1.82) is 0 Å². The van der Waals surface area contributed by atoms with E-state index in [4.69, 9.17) is 4.74 Å². The van der Waals surface area contributed by atoms with Gasteiger partial charge in [-0.2, -0.15) is 0 Å². The molecule has 0 saturated heterocycles. The van der Waals surface area contributed by atoms with Crippen molar-refractivity contribution in [3.05, 3.63) is 72.1 Å². The minimum atomic E-state index is -0.168. The van der Waals surface area contributed by atoms with Crippen LogP contribution in [0.15, 0.2) is 60.7 Å². The highest BCUT2D eigenvalue weighted by molar-refractivity contribution is 5.92. The van der Waals surface area contributed by atoms with Gasteiger partial charge in [0.1, 0.15) is 18.2 Å². The number of rotatable bonds is 7. The number of para-hydroxylation sites is 2. The fraction of sp³-hybridized carbons (Fsp3) is 0.333. The van der Waals surface area contributed by atoms with Crippen LogP contribution in [0.3, 0.4) is 0 Å². The Hall–Kier alpha value is -3.08. The first kappa shape index (κ1) is 20.6. The Morgan fingerprint density at radius 3 is 2.48 bits per heavy atom. The highest BCUT2D eigenvalue weighted by atomic mass is 16.5. The first-order valence-electron chi connectivity index (χ1n) is 9.87. The average molecular weight is 392 g/mol. The molecule has 1 amide bonds. The van der Waals surface area contributed by atoms with E-state index < -0.39 is 0 Å². The van der Waals surface area contributed by atoms with Crippen molar-refractivity contribution < 1.29 is 9.53 Å². The highest BCUT2D eigenvalue weighted by Crippen LogP contribution is 2.24. The normalized spacial score (nSPS) is 11.4. The van der Waals surface area contributed by atoms with E-state index >= 15 is 0 Å². The summed E-state index contributed by atoms with van der Waals surface area (Å²) in [5.74, 6) is 1.48. The first-order valence-corrected chi connectivity index (χ1v) is 9.87. The van der Waals surface area contributed by atoms with E-state index in [1.165, 1.54) is 5.56 Å². The fourth-order valence-electron chi connectivity index (χ4n) is 3.13. The molecule has 0 radical (unpaired) electrons. The number of imidazole rings is 1. The van der Waals surface area contributed by atoms with Gasteiger partial charge in [-0.05, 0) is 42.2 Å². The van der Waals surface area contributed by atoms with Gasteiger partial charge < -0.3 is 14.6 Å². The quantitative estimate of drug-likeness (QED) is 0.599. The largest absolute Gasteiger partial charge is 0.492 e. The summed E-state index contributed by atoms with van der Waals surface area (Å²) < 4.78 is 8.06. The van der Waals surface area contributed by atoms with Gasteiger partial charge in [-0.3, -0.25) is 4.79 Å². The topological polar surface area (TPSA) is 56.2 Å². The molecule has 3 aromatic rings. The van der Waals surface area contributed by atoms with E-state index in [0.29, 0.717) is 25.3 Å². The number of hydrogen-bond donors (Lipinski definition) is 1. The van der Waals surface area contributed by atoms with Crippen LogP contribution in [0.4, 0.5) is 0 Å². The molecule has 3 rings (SSSR count). The van der Waals surface area contributed by atoms with Crippen LogP contribution in [0.1, 0.15) is 39.1 Å². The summed E-state index contributed by atoms with van der Waals surface area (Å²) in [6, 6.07) is 16.2. The standard InChI is InChI=1S/C24H29N3O2/c1-17(2)23(28)25-16-22-26-20-8-6-7-9-21(20)27(22)14-15-29-19-12-10-18(11-13-19)24(3,4)5/h6-13H,1,14-16H2,2-5H3,(H,25,28). The molecule has 0 saturated carbocycles. The lowest BCUT2D eigenvalue weighted by atomic mass is 9.87. The second kappa shape index (κ2) is 8.52. The van der Waals surface area contributed by atoms with Gasteiger partial charge in [0, 0.05) is 5.57 Å². The molecule has 5 heteroatoms. The zero-order valence-corrected chi connectivity index (χ0v) is 17.7. The SMILES string of the molecule is C=C(C)C(=O)NCc1nc2ccccc2n1CCOc1ccc(C(C)(C)C)cc1. The Bertz CT molecular complexity index is 1010. The Morgan fingerprint density at radius 1 is 1.14 bits per heavy atom.